The Morgan fingerprint density at radius 1 is 0.750 bits per heavy atom. The minimum Gasteiger partial charge on any atom is -0.462 e. The van der Waals surface area contributed by atoms with Gasteiger partial charge in [0.05, 0.1) is 29.9 Å². The predicted molar refractivity (Wildman–Crippen MR) is 191 cm³/mol. The fourth-order valence-corrected chi connectivity index (χ4v) is 9.29. The minimum absolute atomic E-state index is 0.104. The highest BCUT2D eigenvalue weighted by molar-refractivity contribution is 7.17. The number of nitrogens with one attached hydrogen (secondary N) is 2. The second-order valence-electron chi connectivity index (χ2n) is 14.8. The van der Waals surface area contributed by atoms with Crippen molar-refractivity contribution in [3.05, 3.63) is 61.6 Å². The Morgan fingerprint density at radius 2 is 1.21 bits per heavy atom. The molecular formula is C37H47N3O6S2. The minimum atomic E-state index is -0.484. The summed E-state index contributed by atoms with van der Waals surface area (Å²) < 4.78 is 10.8. The van der Waals surface area contributed by atoms with Gasteiger partial charge >= 0.3 is 11.9 Å². The molecule has 2 amide bonds. The van der Waals surface area contributed by atoms with Crippen LogP contribution in [-0.2, 0) is 35.2 Å². The summed E-state index contributed by atoms with van der Waals surface area (Å²) in [6, 6.07) is 3.02. The van der Waals surface area contributed by atoms with E-state index >= 15 is 0 Å². The summed E-state index contributed by atoms with van der Waals surface area (Å²) >= 11 is 2.86. The third-order valence-electron chi connectivity index (χ3n) is 9.65. The zero-order valence-electron chi connectivity index (χ0n) is 29.3. The Morgan fingerprint density at radius 3 is 1.60 bits per heavy atom. The molecule has 258 valence electrons. The average Bonchev–Trinajstić information content (AvgIpc) is 3.57. The van der Waals surface area contributed by atoms with Gasteiger partial charge in [0.15, 0.2) is 0 Å². The van der Waals surface area contributed by atoms with Gasteiger partial charge in [-0.3, -0.25) is 14.6 Å². The van der Waals surface area contributed by atoms with Gasteiger partial charge in [0, 0.05) is 16.0 Å². The number of fused-ring (bicyclic) bond motifs is 2. The fourth-order valence-electron chi connectivity index (χ4n) is 6.67. The molecule has 11 heteroatoms. The number of ether oxygens (including phenoxy) is 2. The van der Waals surface area contributed by atoms with Crippen LogP contribution < -0.4 is 10.6 Å². The van der Waals surface area contributed by atoms with Gasteiger partial charge in [-0.1, -0.05) is 41.5 Å². The van der Waals surface area contributed by atoms with E-state index in [2.05, 4.69) is 57.2 Å². The van der Waals surface area contributed by atoms with Crippen molar-refractivity contribution in [1.82, 2.24) is 4.98 Å². The maximum atomic E-state index is 13.4. The number of thiophene rings is 2. The molecule has 0 aromatic carbocycles. The molecule has 0 aliphatic heterocycles. The van der Waals surface area contributed by atoms with E-state index in [1.54, 1.807) is 13.8 Å². The van der Waals surface area contributed by atoms with Gasteiger partial charge in [0.1, 0.15) is 15.7 Å². The molecule has 0 saturated heterocycles. The number of carbonyl (C=O) groups is 4. The molecule has 5 rings (SSSR count). The zero-order valence-corrected chi connectivity index (χ0v) is 30.9. The topological polar surface area (TPSA) is 124 Å². The van der Waals surface area contributed by atoms with E-state index < -0.39 is 23.8 Å². The lowest BCUT2D eigenvalue weighted by Crippen LogP contribution is -2.26. The standard InChI is InChI=1S/C37H47N3O6S2/c1-9-45-34(43)28-23-14-12-21(36(3,4)5)17-26(23)47-32(28)39-30(41)20-11-16-25(38-19-20)31(42)40-33-29(35(44)46-10-2)24-15-13-22(37(6,7)8)18-27(24)48-33/h11,16,19,21-22H,9-10,12-15,17-18H2,1-8H3,(H,39,41)(H,40,42). The first-order valence-electron chi connectivity index (χ1n) is 16.8. The molecule has 2 aliphatic carbocycles. The summed E-state index contributed by atoms with van der Waals surface area (Å²) in [6.45, 7) is 17.4. The van der Waals surface area contributed by atoms with E-state index in [0.717, 1.165) is 59.4 Å². The first-order valence-corrected chi connectivity index (χ1v) is 18.5. The zero-order chi connectivity index (χ0) is 35.0. The van der Waals surface area contributed by atoms with Crippen LogP contribution in [-0.4, -0.2) is 42.0 Å². The third kappa shape index (κ3) is 7.52. The van der Waals surface area contributed by atoms with Gasteiger partial charge in [0.25, 0.3) is 11.8 Å². The molecule has 3 aromatic heterocycles. The van der Waals surface area contributed by atoms with Crippen LogP contribution in [0, 0.1) is 22.7 Å². The number of carbonyl (C=O) groups excluding carboxylic acids is 4. The Bertz CT molecular complexity index is 1580. The molecule has 2 unspecified atom stereocenters. The van der Waals surface area contributed by atoms with Crippen molar-refractivity contribution in [3.8, 4) is 0 Å². The van der Waals surface area contributed by atoms with Crippen molar-refractivity contribution in [1.29, 1.82) is 0 Å². The number of esters is 2. The maximum Gasteiger partial charge on any atom is 0.341 e. The smallest absolute Gasteiger partial charge is 0.341 e. The van der Waals surface area contributed by atoms with Gasteiger partial charge in [-0.05, 0) is 98.3 Å². The first kappa shape index (κ1) is 35.7. The summed E-state index contributed by atoms with van der Waals surface area (Å²) in [6.07, 6.45) is 6.47. The second kappa shape index (κ2) is 14.1. The van der Waals surface area contributed by atoms with Gasteiger partial charge < -0.3 is 20.1 Å². The Kier molecular flexibility index (Phi) is 10.5. The van der Waals surface area contributed by atoms with E-state index in [9.17, 15) is 19.2 Å². The van der Waals surface area contributed by atoms with Crippen LogP contribution >= 0.6 is 22.7 Å². The highest BCUT2D eigenvalue weighted by atomic mass is 32.1. The number of aromatic nitrogens is 1. The Balaban J connectivity index is 1.34. The lowest BCUT2D eigenvalue weighted by Gasteiger charge is -2.33. The Labute approximate surface area is 291 Å². The van der Waals surface area contributed by atoms with E-state index in [0.29, 0.717) is 33.0 Å². The van der Waals surface area contributed by atoms with Gasteiger partial charge in [-0.25, -0.2) is 9.59 Å². The SMILES string of the molecule is CCOC(=O)c1c(NC(=O)c2ccc(C(=O)Nc3sc4c(c3C(=O)OCC)CCC(C(C)(C)C)C4)nc2)sc2c1CCC(C(C)(C)C)C2. The fraction of sp³-hybridized carbons (Fsp3) is 0.541. The molecule has 0 spiro atoms. The van der Waals surface area contributed by atoms with E-state index in [1.165, 1.54) is 41.0 Å². The monoisotopic (exact) mass is 693 g/mol. The lowest BCUT2D eigenvalue weighted by molar-refractivity contribution is 0.0516. The quantitative estimate of drug-likeness (QED) is 0.227. The molecule has 0 bridgehead atoms. The van der Waals surface area contributed by atoms with Crippen molar-refractivity contribution in [2.75, 3.05) is 23.8 Å². The molecule has 0 saturated carbocycles. The van der Waals surface area contributed by atoms with Crippen LogP contribution in [0.5, 0.6) is 0 Å². The van der Waals surface area contributed by atoms with Crippen LogP contribution in [0.1, 0.15) is 131 Å². The van der Waals surface area contributed by atoms with E-state index in [4.69, 9.17) is 9.47 Å². The van der Waals surface area contributed by atoms with Crippen molar-refractivity contribution in [2.24, 2.45) is 22.7 Å². The van der Waals surface area contributed by atoms with Crippen molar-refractivity contribution in [3.63, 3.8) is 0 Å². The molecule has 9 nitrogen and oxygen atoms in total. The maximum absolute atomic E-state index is 13.4. The lowest BCUT2D eigenvalue weighted by atomic mass is 9.72. The number of hydrogen-bond donors (Lipinski definition) is 2. The summed E-state index contributed by atoms with van der Waals surface area (Å²) in [5.41, 5.74) is 3.40. The molecule has 48 heavy (non-hydrogen) atoms. The highest BCUT2D eigenvalue weighted by Crippen LogP contribution is 2.46. The summed E-state index contributed by atoms with van der Waals surface area (Å²) in [7, 11) is 0. The van der Waals surface area contributed by atoms with Crippen LogP contribution in [0.3, 0.4) is 0 Å². The molecule has 2 aliphatic rings. The number of nitrogens with zero attached hydrogens (tertiary/aromatic N) is 1. The molecule has 2 atom stereocenters. The molecule has 3 aromatic rings. The van der Waals surface area contributed by atoms with Crippen LogP contribution in [0.4, 0.5) is 10.0 Å². The number of hydrogen-bond acceptors (Lipinski definition) is 9. The third-order valence-corrected chi connectivity index (χ3v) is 12.0. The first-order chi connectivity index (χ1) is 22.6. The van der Waals surface area contributed by atoms with Crippen LogP contribution in [0.25, 0.3) is 0 Å². The molecule has 2 N–H and O–H groups in total. The number of pyridine rings is 1. The summed E-state index contributed by atoms with van der Waals surface area (Å²) in [4.78, 5) is 59.4. The van der Waals surface area contributed by atoms with Crippen molar-refractivity contribution >= 4 is 56.4 Å². The van der Waals surface area contributed by atoms with Crippen LogP contribution in [0.2, 0.25) is 0 Å². The number of amides is 2. The summed E-state index contributed by atoms with van der Waals surface area (Å²) in [5, 5.41) is 6.77. The average molecular weight is 694 g/mol. The van der Waals surface area contributed by atoms with E-state index in [1.807, 2.05) is 0 Å². The van der Waals surface area contributed by atoms with E-state index in [-0.39, 0.29) is 35.3 Å². The number of rotatable bonds is 8. The summed E-state index contributed by atoms with van der Waals surface area (Å²) in [5.74, 6) is -0.853. The van der Waals surface area contributed by atoms with Gasteiger partial charge in [-0.15, -0.1) is 22.7 Å². The molecule has 0 radical (unpaired) electrons. The van der Waals surface area contributed by atoms with Gasteiger partial charge in [-0.2, -0.15) is 0 Å². The largest absolute Gasteiger partial charge is 0.462 e. The Hall–Kier alpha value is -3.57. The molecular weight excluding hydrogens is 647 g/mol. The number of anilines is 2. The highest BCUT2D eigenvalue weighted by Gasteiger charge is 2.36. The predicted octanol–water partition coefficient (Wildman–Crippen LogP) is 8.36. The molecule has 0 fully saturated rings. The van der Waals surface area contributed by atoms with Crippen LogP contribution in [0.15, 0.2) is 18.3 Å². The molecule has 3 heterocycles. The van der Waals surface area contributed by atoms with Gasteiger partial charge in [0.2, 0.25) is 0 Å². The van der Waals surface area contributed by atoms with Crippen molar-refractivity contribution in [2.45, 2.75) is 93.9 Å². The van der Waals surface area contributed by atoms with Crippen molar-refractivity contribution < 1.29 is 28.7 Å². The normalized spacial score (nSPS) is 17.6. The second-order valence-corrected chi connectivity index (χ2v) is 17.0.